The lowest BCUT2D eigenvalue weighted by molar-refractivity contribution is -0.197. The van der Waals surface area contributed by atoms with E-state index in [-0.39, 0.29) is 22.1 Å². The lowest BCUT2D eigenvalue weighted by Crippen LogP contribution is -2.39. The number of hydrogen-bond donors (Lipinski definition) is 1. The topological polar surface area (TPSA) is 107 Å². The van der Waals surface area contributed by atoms with Crippen LogP contribution in [0.15, 0.2) is 48.5 Å². The number of alkyl halides is 3. The van der Waals surface area contributed by atoms with Crippen LogP contribution in [0.3, 0.4) is 0 Å². The second-order valence-corrected chi connectivity index (χ2v) is 12.0. The van der Waals surface area contributed by atoms with Crippen molar-refractivity contribution >= 4 is 101 Å². The highest BCUT2D eigenvalue weighted by molar-refractivity contribution is 14.1. The molecule has 1 unspecified atom stereocenters. The van der Waals surface area contributed by atoms with E-state index in [0.717, 1.165) is 13.2 Å². The van der Waals surface area contributed by atoms with Crippen LogP contribution in [0.4, 0.5) is 13.2 Å². The smallest absolute Gasteiger partial charge is 0.426 e. The molecule has 0 saturated carbocycles. The van der Waals surface area contributed by atoms with Gasteiger partial charge in [0, 0.05) is 16.1 Å². The zero-order chi connectivity index (χ0) is 26.1. The summed E-state index contributed by atoms with van der Waals surface area (Å²) in [7, 11) is -5.09. The molecule has 0 spiro atoms. The van der Waals surface area contributed by atoms with Crippen molar-refractivity contribution in [1.29, 1.82) is 0 Å². The Balaban J connectivity index is 1.97. The molecule has 1 atom stereocenters. The Morgan fingerprint density at radius 3 is 2.17 bits per heavy atom. The van der Waals surface area contributed by atoms with Crippen LogP contribution in [0.1, 0.15) is 20.7 Å². The fourth-order valence-corrected chi connectivity index (χ4v) is 5.99. The molecule has 1 N–H and O–H groups in total. The predicted octanol–water partition coefficient (Wildman–Crippen LogP) is 5.85. The third kappa shape index (κ3) is 7.16. The first kappa shape index (κ1) is 28.3. The van der Waals surface area contributed by atoms with Crippen molar-refractivity contribution in [2.24, 2.45) is 0 Å². The van der Waals surface area contributed by atoms with Gasteiger partial charge in [-0.1, -0.05) is 24.3 Å². The second kappa shape index (κ2) is 11.0. The van der Waals surface area contributed by atoms with E-state index in [1.807, 2.05) is 28.7 Å². The lowest BCUT2D eigenvalue weighted by Gasteiger charge is -2.20. The average Bonchev–Trinajstić information content (AvgIpc) is 2.74. The first-order chi connectivity index (χ1) is 16.2. The van der Waals surface area contributed by atoms with Crippen LogP contribution >= 0.6 is 67.8 Å². The van der Waals surface area contributed by atoms with Gasteiger partial charge < -0.3 is 9.47 Å². The Labute approximate surface area is 237 Å². The lowest BCUT2D eigenvalue weighted by atomic mass is 10.0. The summed E-state index contributed by atoms with van der Waals surface area (Å²) in [6.07, 6.45) is -8.31. The Kier molecular flexibility index (Phi) is 8.91. The maximum Gasteiger partial charge on any atom is 0.426 e. The van der Waals surface area contributed by atoms with E-state index in [0.29, 0.717) is 9.13 Å². The van der Waals surface area contributed by atoms with Gasteiger partial charge in [0.15, 0.2) is 0 Å². The molecule has 0 aliphatic rings. The Hall–Kier alpha value is -1.25. The predicted molar refractivity (Wildman–Crippen MR) is 145 cm³/mol. The van der Waals surface area contributed by atoms with Crippen molar-refractivity contribution in [1.82, 2.24) is 0 Å². The number of carbonyl (C=O) groups excluding carboxylic acids is 2. The molecule has 14 heteroatoms. The van der Waals surface area contributed by atoms with Crippen LogP contribution < -0.4 is 4.74 Å². The van der Waals surface area contributed by atoms with Crippen LogP contribution in [-0.2, 0) is 14.9 Å². The highest BCUT2D eigenvalue weighted by Crippen LogP contribution is 2.32. The molecule has 35 heavy (non-hydrogen) atoms. The highest BCUT2D eigenvalue weighted by atomic mass is 127. The van der Waals surface area contributed by atoms with Gasteiger partial charge in [0.25, 0.3) is 10.1 Å². The third-order valence-electron chi connectivity index (χ3n) is 4.50. The normalized spacial score (nSPS) is 12.9. The molecule has 7 nitrogen and oxygen atoms in total. The van der Waals surface area contributed by atoms with Gasteiger partial charge in [-0.2, -0.15) is 21.6 Å². The minimum Gasteiger partial charge on any atom is -0.448 e. The summed E-state index contributed by atoms with van der Waals surface area (Å²) in [6.45, 7) is 0. The zero-order valence-electron chi connectivity index (χ0n) is 17.0. The van der Waals surface area contributed by atoms with Gasteiger partial charge in [-0.25, -0.2) is 9.59 Å². The van der Waals surface area contributed by atoms with E-state index >= 15 is 0 Å². The number of carbonyl (C=O) groups is 2. The van der Waals surface area contributed by atoms with E-state index in [2.05, 4.69) is 49.9 Å². The molecule has 0 heterocycles. The minimum atomic E-state index is -5.24. The Bertz CT molecular complexity index is 1430. The summed E-state index contributed by atoms with van der Waals surface area (Å²) in [5.41, 5.74) is -0.00363. The Morgan fingerprint density at radius 2 is 1.57 bits per heavy atom. The highest BCUT2D eigenvalue weighted by Gasteiger charge is 2.45. The maximum atomic E-state index is 13.2. The fourth-order valence-electron chi connectivity index (χ4n) is 2.98. The van der Waals surface area contributed by atoms with E-state index in [1.165, 1.54) is 24.3 Å². The van der Waals surface area contributed by atoms with Crippen molar-refractivity contribution in [2.75, 3.05) is 5.75 Å². The minimum absolute atomic E-state index is 0.0529. The van der Waals surface area contributed by atoms with Crippen molar-refractivity contribution in [3.8, 4) is 5.75 Å². The molecule has 0 aromatic heterocycles. The SMILES string of the molecule is O=C(Oc1ccc(C(=O)OC(CS(=O)(=O)O)C(F)(F)F)c2ccccc12)c1cc(I)cc(I)c1I. The van der Waals surface area contributed by atoms with Gasteiger partial charge in [0.2, 0.25) is 6.10 Å². The van der Waals surface area contributed by atoms with Gasteiger partial charge in [-0.15, -0.1) is 0 Å². The summed E-state index contributed by atoms with van der Waals surface area (Å²) >= 11 is 6.16. The van der Waals surface area contributed by atoms with Crippen molar-refractivity contribution in [3.05, 3.63) is 70.4 Å². The standard InChI is InChI=1S/C21H12F3I3O7S/c22-21(23,24)17(9-35(30,31)32)34-19(28)13-5-6-16(12-4-2-1-3-11(12)13)33-20(29)14-7-10(25)8-15(26)18(14)27/h1-8,17H,9H2,(H,30,31,32). The molecular formula is C21H12F3I3O7S. The van der Waals surface area contributed by atoms with Crippen LogP contribution in [-0.4, -0.2) is 42.9 Å². The second-order valence-electron chi connectivity index (χ2n) is 6.98. The number of hydrogen-bond acceptors (Lipinski definition) is 6. The summed E-state index contributed by atoms with van der Waals surface area (Å²) in [6, 6.07) is 11.9. The largest absolute Gasteiger partial charge is 0.448 e. The molecule has 0 bridgehead atoms. The van der Waals surface area contributed by atoms with E-state index in [4.69, 9.17) is 9.29 Å². The molecule has 0 aliphatic carbocycles. The third-order valence-corrected chi connectivity index (χ3v) is 8.89. The van der Waals surface area contributed by atoms with Gasteiger partial charge in [0.1, 0.15) is 11.5 Å². The number of benzene rings is 3. The van der Waals surface area contributed by atoms with Gasteiger partial charge in [0.05, 0.1) is 11.1 Å². The Morgan fingerprint density at radius 1 is 0.943 bits per heavy atom. The summed E-state index contributed by atoms with van der Waals surface area (Å²) in [4.78, 5) is 25.4. The summed E-state index contributed by atoms with van der Waals surface area (Å²) in [5.74, 6) is -3.93. The molecule has 3 aromatic rings. The molecule has 0 amide bonds. The summed E-state index contributed by atoms with van der Waals surface area (Å²) < 4.78 is 82.6. The number of ether oxygens (including phenoxy) is 2. The van der Waals surface area contributed by atoms with E-state index in [9.17, 15) is 31.2 Å². The molecular weight excluding hydrogens is 834 g/mol. The summed E-state index contributed by atoms with van der Waals surface area (Å²) in [5, 5.41) is 0.353. The average molecular weight is 846 g/mol. The number of fused-ring (bicyclic) bond motifs is 1. The van der Waals surface area contributed by atoms with Crippen LogP contribution in [0, 0.1) is 10.7 Å². The van der Waals surface area contributed by atoms with E-state index < -0.39 is 40.1 Å². The van der Waals surface area contributed by atoms with E-state index in [1.54, 1.807) is 12.1 Å². The number of esters is 2. The monoisotopic (exact) mass is 846 g/mol. The van der Waals surface area contributed by atoms with Crippen molar-refractivity contribution in [3.63, 3.8) is 0 Å². The zero-order valence-corrected chi connectivity index (χ0v) is 24.3. The maximum absolute atomic E-state index is 13.2. The quantitative estimate of drug-likeness (QED) is 0.109. The number of rotatable bonds is 6. The molecule has 3 aromatic carbocycles. The molecule has 0 radical (unpaired) electrons. The van der Waals surface area contributed by atoms with Gasteiger partial charge >= 0.3 is 18.1 Å². The molecule has 186 valence electrons. The van der Waals surface area contributed by atoms with Gasteiger partial charge in [-0.05, 0) is 97.4 Å². The van der Waals surface area contributed by atoms with Crippen LogP contribution in [0.5, 0.6) is 5.75 Å². The van der Waals surface area contributed by atoms with Crippen LogP contribution in [0.25, 0.3) is 10.8 Å². The molecule has 0 saturated heterocycles. The fraction of sp³-hybridized carbons (Fsp3) is 0.143. The first-order valence-corrected chi connectivity index (χ1v) is 14.1. The molecule has 0 fully saturated rings. The molecule has 3 rings (SSSR count). The first-order valence-electron chi connectivity index (χ1n) is 9.28. The number of halogens is 6. The van der Waals surface area contributed by atoms with Crippen LogP contribution in [0.2, 0.25) is 0 Å². The van der Waals surface area contributed by atoms with Gasteiger partial charge in [-0.3, -0.25) is 4.55 Å². The van der Waals surface area contributed by atoms with Crippen molar-refractivity contribution in [2.45, 2.75) is 12.3 Å². The molecule has 0 aliphatic heterocycles. The van der Waals surface area contributed by atoms with Crippen molar-refractivity contribution < 1.29 is 45.2 Å².